The molecule has 1 aliphatic heterocycles. The van der Waals surface area contributed by atoms with Crippen LogP contribution in [0.5, 0.6) is 0 Å². The molecule has 0 aromatic heterocycles. The van der Waals surface area contributed by atoms with Crippen LogP contribution in [0.25, 0.3) is 0 Å². The zero-order valence-corrected chi connectivity index (χ0v) is 18.9. The summed E-state index contributed by atoms with van der Waals surface area (Å²) in [5, 5.41) is 3.26. The predicted octanol–water partition coefficient (Wildman–Crippen LogP) is 5.43. The van der Waals surface area contributed by atoms with Gasteiger partial charge in [-0.15, -0.1) is 0 Å². The summed E-state index contributed by atoms with van der Waals surface area (Å²) in [6.45, 7) is 5.69. The molecule has 1 N–H and O–H groups in total. The lowest BCUT2D eigenvalue weighted by molar-refractivity contribution is -0.123. The van der Waals surface area contributed by atoms with Crippen LogP contribution in [0.1, 0.15) is 28.4 Å². The first-order valence-corrected chi connectivity index (χ1v) is 10.7. The molecular weight excluding hydrogens is 422 g/mol. The van der Waals surface area contributed by atoms with E-state index >= 15 is 0 Å². The van der Waals surface area contributed by atoms with Crippen molar-refractivity contribution in [1.82, 2.24) is 5.32 Å². The molecule has 0 spiro atoms. The number of nitrogens with one attached hydrogen (secondary N) is 1. The standard InChI is InChI=1S/C26H24ClN3O2/c1-18-8-12-20(13-9-18)29-16-17-30(21-14-10-19(2)11-15-21)26(3,25(29)32)28-24(31)22-6-4-5-7-23(22)27/h4-17H,1-3H3,(H,28,31). The minimum Gasteiger partial charge on any atom is -0.321 e. The van der Waals surface area contributed by atoms with E-state index in [0.29, 0.717) is 10.6 Å². The van der Waals surface area contributed by atoms with E-state index in [0.717, 1.165) is 22.5 Å². The van der Waals surface area contributed by atoms with Gasteiger partial charge in [-0.25, -0.2) is 0 Å². The first-order valence-electron chi connectivity index (χ1n) is 10.3. The molecule has 6 heteroatoms. The number of hydrogen-bond donors (Lipinski definition) is 1. The van der Waals surface area contributed by atoms with E-state index in [9.17, 15) is 9.59 Å². The molecular formula is C26H24ClN3O2. The zero-order chi connectivity index (χ0) is 22.9. The summed E-state index contributed by atoms with van der Waals surface area (Å²) in [7, 11) is 0. The fourth-order valence-electron chi connectivity index (χ4n) is 3.69. The Kier molecular flexibility index (Phi) is 5.76. The number of carbonyl (C=O) groups is 2. The lowest BCUT2D eigenvalue weighted by Crippen LogP contribution is -2.67. The lowest BCUT2D eigenvalue weighted by Gasteiger charge is -2.45. The number of nitrogens with zero attached hydrogens (tertiary/aromatic N) is 2. The van der Waals surface area contributed by atoms with Gasteiger partial charge in [-0.3, -0.25) is 14.5 Å². The predicted molar refractivity (Wildman–Crippen MR) is 129 cm³/mol. The van der Waals surface area contributed by atoms with Gasteiger partial charge in [0.05, 0.1) is 10.6 Å². The van der Waals surface area contributed by atoms with E-state index in [-0.39, 0.29) is 5.91 Å². The van der Waals surface area contributed by atoms with Crippen molar-refractivity contribution in [2.24, 2.45) is 0 Å². The molecule has 0 radical (unpaired) electrons. The van der Waals surface area contributed by atoms with Crippen LogP contribution in [-0.4, -0.2) is 17.5 Å². The van der Waals surface area contributed by atoms with Crippen molar-refractivity contribution in [2.45, 2.75) is 26.4 Å². The van der Waals surface area contributed by atoms with Gasteiger partial charge in [0.25, 0.3) is 11.8 Å². The van der Waals surface area contributed by atoms with Crippen LogP contribution in [0.3, 0.4) is 0 Å². The average molecular weight is 446 g/mol. The Morgan fingerprint density at radius 3 is 2.00 bits per heavy atom. The molecule has 2 amide bonds. The third-order valence-corrected chi connectivity index (χ3v) is 5.91. The fraction of sp³-hybridized carbons (Fsp3) is 0.154. The van der Waals surface area contributed by atoms with Gasteiger partial charge < -0.3 is 10.2 Å². The maximum Gasteiger partial charge on any atom is 0.277 e. The van der Waals surface area contributed by atoms with Crippen LogP contribution in [0.15, 0.2) is 85.2 Å². The van der Waals surface area contributed by atoms with Gasteiger partial charge >= 0.3 is 0 Å². The van der Waals surface area contributed by atoms with Gasteiger partial charge in [0.2, 0.25) is 0 Å². The molecule has 1 heterocycles. The Bertz CT molecular complexity index is 1190. The van der Waals surface area contributed by atoms with Crippen LogP contribution in [0.2, 0.25) is 5.02 Å². The molecule has 162 valence electrons. The van der Waals surface area contributed by atoms with E-state index in [1.165, 1.54) is 0 Å². The summed E-state index contributed by atoms with van der Waals surface area (Å²) in [6, 6.07) is 22.2. The molecule has 0 aliphatic carbocycles. The highest BCUT2D eigenvalue weighted by Gasteiger charge is 2.46. The third kappa shape index (κ3) is 3.99. The molecule has 3 aromatic rings. The van der Waals surface area contributed by atoms with E-state index < -0.39 is 11.6 Å². The molecule has 1 unspecified atom stereocenters. The molecule has 0 fully saturated rings. The first kappa shape index (κ1) is 21.7. The van der Waals surface area contributed by atoms with Crippen molar-refractivity contribution < 1.29 is 9.59 Å². The molecule has 5 nitrogen and oxygen atoms in total. The topological polar surface area (TPSA) is 52.6 Å². The second-order valence-corrected chi connectivity index (χ2v) is 8.43. The summed E-state index contributed by atoms with van der Waals surface area (Å²) in [4.78, 5) is 30.3. The number of carbonyl (C=O) groups excluding carboxylic acids is 2. The van der Waals surface area contributed by atoms with Crippen molar-refractivity contribution in [1.29, 1.82) is 0 Å². The summed E-state index contributed by atoms with van der Waals surface area (Å²) < 4.78 is 0. The number of anilines is 2. The molecule has 0 bridgehead atoms. The maximum absolute atomic E-state index is 13.8. The number of rotatable bonds is 4. The smallest absolute Gasteiger partial charge is 0.277 e. The molecule has 32 heavy (non-hydrogen) atoms. The Labute approximate surface area is 192 Å². The highest BCUT2D eigenvalue weighted by atomic mass is 35.5. The lowest BCUT2D eigenvalue weighted by atomic mass is 10.0. The van der Waals surface area contributed by atoms with E-state index in [4.69, 9.17) is 11.6 Å². The first-order chi connectivity index (χ1) is 15.3. The largest absolute Gasteiger partial charge is 0.321 e. The number of hydrogen-bond acceptors (Lipinski definition) is 3. The van der Waals surface area contributed by atoms with Crippen LogP contribution in [-0.2, 0) is 4.79 Å². The maximum atomic E-state index is 13.8. The van der Waals surface area contributed by atoms with E-state index in [1.807, 2.05) is 62.4 Å². The van der Waals surface area contributed by atoms with Crippen LogP contribution in [0.4, 0.5) is 11.4 Å². The molecule has 3 aromatic carbocycles. The van der Waals surface area contributed by atoms with Gasteiger partial charge in [0, 0.05) is 23.8 Å². The van der Waals surface area contributed by atoms with Gasteiger partial charge in [-0.1, -0.05) is 59.1 Å². The van der Waals surface area contributed by atoms with Crippen LogP contribution < -0.4 is 15.1 Å². The SMILES string of the molecule is Cc1ccc(N2C=CN(c3ccc(C)cc3)C(C)(NC(=O)c3ccccc3Cl)C2=O)cc1. The van der Waals surface area contributed by atoms with Crippen molar-refractivity contribution >= 4 is 34.8 Å². The highest BCUT2D eigenvalue weighted by molar-refractivity contribution is 6.34. The number of halogens is 1. The Morgan fingerprint density at radius 1 is 0.844 bits per heavy atom. The van der Waals surface area contributed by atoms with Gasteiger partial charge in [0.15, 0.2) is 5.66 Å². The summed E-state index contributed by atoms with van der Waals surface area (Å²) in [5.74, 6) is -0.715. The number of aryl methyl sites for hydroxylation is 2. The molecule has 0 saturated carbocycles. The van der Waals surface area contributed by atoms with Crippen molar-refractivity contribution in [2.75, 3.05) is 9.80 Å². The number of amides is 2. The Hall–Kier alpha value is -3.57. The summed E-state index contributed by atoms with van der Waals surface area (Å²) in [5.41, 5.74) is 2.63. The average Bonchev–Trinajstić information content (AvgIpc) is 2.77. The minimum atomic E-state index is -1.38. The number of benzene rings is 3. The van der Waals surface area contributed by atoms with Gasteiger partial charge in [0.1, 0.15) is 0 Å². The quantitative estimate of drug-likeness (QED) is 0.582. The Balaban J connectivity index is 1.77. The van der Waals surface area contributed by atoms with E-state index in [1.54, 1.807) is 53.4 Å². The van der Waals surface area contributed by atoms with Crippen LogP contribution >= 0.6 is 11.6 Å². The normalized spacial score (nSPS) is 18.1. The van der Waals surface area contributed by atoms with Crippen LogP contribution in [0, 0.1) is 13.8 Å². The van der Waals surface area contributed by atoms with Crippen molar-refractivity contribution in [3.05, 3.63) is 107 Å². The minimum absolute atomic E-state index is 0.287. The summed E-state index contributed by atoms with van der Waals surface area (Å²) in [6.07, 6.45) is 3.52. The zero-order valence-electron chi connectivity index (χ0n) is 18.2. The molecule has 1 aliphatic rings. The molecule has 0 saturated heterocycles. The fourth-order valence-corrected chi connectivity index (χ4v) is 3.92. The summed E-state index contributed by atoms with van der Waals surface area (Å²) >= 11 is 6.24. The van der Waals surface area contributed by atoms with Crippen molar-refractivity contribution in [3.63, 3.8) is 0 Å². The Morgan fingerprint density at radius 2 is 1.41 bits per heavy atom. The van der Waals surface area contributed by atoms with E-state index in [2.05, 4.69) is 5.32 Å². The molecule has 4 rings (SSSR count). The third-order valence-electron chi connectivity index (χ3n) is 5.58. The van der Waals surface area contributed by atoms with Crippen molar-refractivity contribution in [3.8, 4) is 0 Å². The highest BCUT2D eigenvalue weighted by Crippen LogP contribution is 2.32. The monoisotopic (exact) mass is 445 g/mol. The second-order valence-electron chi connectivity index (χ2n) is 8.02. The molecule has 1 atom stereocenters. The van der Waals surface area contributed by atoms with Gasteiger partial charge in [-0.2, -0.15) is 0 Å². The second kappa shape index (κ2) is 8.52. The van der Waals surface area contributed by atoms with Gasteiger partial charge in [-0.05, 0) is 57.2 Å².